The van der Waals surface area contributed by atoms with Gasteiger partial charge in [-0.2, -0.15) is 0 Å². The zero-order valence-electron chi connectivity index (χ0n) is 13.1. The Kier molecular flexibility index (Phi) is 6.80. The van der Waals surface area contributed by atoms with E-state index in [-0.39, 0.29) is 18.1 Å². The number of nitrogens with zero attached hydrogens (tertiary/aromatic N) is 1. The number of carbonyl (C=O) groups excluding carboxylic acids is 1. The lowest BCUT2D eigenvalue weighted by molar-refractivity contribution is -0.144. The number of carbonyl (C=O) groups is 1. The Morgan fingerprint density at radius 3 is 2.63 bits per heavy atom. The van der Waals surface area contributed by atoms with Crippen LogP contribution in [-0.2, 0) is 9.53 Å². The summed E-state index contributed by atoms with van der Waals surface area (Å²) >= 11 is 0. The van der Waals surface area contributed by atoms with E-state index in [1.165, 1.54) is 26.4 Å². The third-order valence-electron chi connectivity index (χ3n) is 4.12. The Balaban J connectivity index is 2.62. The summed E-state index contributed by atoms with van der Waals surface area (Å²) in [7, 11) is 1.46. The molecule has 1 N–H and O–H groups in total. The van der Waals surface area contributed by atoms with E-state index in [0.717, 1.165) is 19.0 Å². The van der Waals surface area contributed by atoms with Gasteiger partial charge in [0.05, 0.1) is 7.11 Å². The molecule has 1 rings (SSSR count). The third kappa shape index (κ3) is 5.11. The van der Waals surface area contributed by atoms with Crippen molar-refractivity contribution in [3.05, 3.63) is 0 Å². The fourth-order valence-corrected chi connectivity index (χ4v) is 2.82. The summed E-state index contributed by atoms with van der Waals surface area (Å²) in [4.78, 5) is 14.3. The van der Waals surface area contributed by atoms with Crippen molar-refractivity contribution >= 4 is 5.97 Å². The van der Waals surface area contributed by atoms with Crippen LogP contribution in [-0.4, -0.2) is 49.2 Å². The minimum Gasteiger partial charge on any atom is -0.468 e. The first kappa shape index (κ1) is 16.4. The number of rotatable bonds is 6. The molecule has 3 unspecified atom stereocenters. The van der Waals surface area contributed by atoms with Crippen LogP contribution in [0.5, 0.6) is 0 Å². The molecule has 3 atom stereocenters. The van der Waals surface area contributed by atoms with Crippen molar-refractivity contribution in [2.45, 2.75) is 65.1 Å². The highest BCUT2D eigenvalue weighted by molar-refractivity contribution is 5.76. The van der Waals surface area contributed by atoms with Crippen LogP contribution < -0.4 is 5.32 Å². The third-order valence-corrected chi connectivity index (χ3v) is 4.12. The Morgan fingerprint density at radius 2 is 2.11 bits per heavy atom. The van der Waals surface area contributed by atoms with Gasteiger partial charge in [-0.3, -0.25) is 9.69 Å². The van der Waals surface area contributed by atoms with E-state index in [9.17, 15) is 4.79 Å². The normalized spacial score (nSPS) is 26.4. The first-order chi connectivity index (χ1) is 8.97. The van der Waals surface area contributed by atoms with E-state index in [0.29, 0.717) is 6.04 Å². The maximum absolute atomic E-state index is 11.9. The van der Waals surface area contributed by atoms with Gasteiger partial charge in [0.1, 0.15) is 6.04 Å². The van der Waals surface area contributed by atoms with Gasteiger partial charge in [-0.25, -0.2) is 0 Å². The molecule has 0 aromatic rings. The van der Waals surface area contributed by atoms with Gasteiger partial charge in [-0.05, 0) is 25.7 Å². The zero-order chi connectivity index (χ0) is 14.4. The van der Waals surface area contributed by atoms with Crippen molar-refractivity contribution in [1.82, 2.24) is 10.2 Å². The summed E-state index contributed by atoms with van der Waals surface area (Å²) in [5.74, 6) is 0.619. The Morgan fingerprint density at radius 1 is 1.42 bits per heavy atom. The number of nitrogens with one attached hydrogen (secondary N) is 1. The minimum atomic E-state index is -0.219. The van der Waals surface area contributed by atoms with Crippen LogP contribution in [0.4, 0.5) is 0 Å². The van der Waals surface area contributed by atoms with E-state index in [2.05, 4.69) is 37.9 Å². The van der Waals surface area contributed by atoms with E-state index in [1.54, 1.807) is 0 Å². The SMILES string of the molecule is CCC1CCC(C)N(CC(NC(C)C)C(=O)OC)C1. The maximum atomic E-state index is 11.9. The molecule has 1 saturated heterocycles. The van der Waals surface area contributed by atoms with Crippen LogP contribution in [0.1, 0.15) is 47.0 Å². The van der Waals surface area contributed by atoms with Gasteiger partial charge in [0.2, 0.25) is 0 Å². The summed E-state index contributed by atoms with van der Waals surface area (Å²) in [5, 5.41) is 3.32. The molecule has 0 amide bonds. The van der Waals surface area contributed by atoms with Gasteiger partial charge in [0.15, 0.2) is 0 Å². The number of hydrogen-bond donors (Lipinski definition) is 1. The van der Waals surface area contributed by atoms with Gasteiger partial charge in [0, 0.05) is 25.2 Å². The topological polar surface area (TPSA) is 41.6 Å². The van der Waals surface area contributed by atoms with Crippen LogP contribution in [0.2, 0.25) is 0 Å². The molecule has 112 valence electrons. The molecule has 0 saturated carbocycles. The molecule has 4 nitrogen and oxygen atoms in total. The Hall–Kier alpha value is -0.610. The number of piperidine rings is 1. The first-order valence-electron chi connectivity index (χ1n) is 7.55. The van der Waals surface area contributed by atoms with Crippen molar-refractivity contribution < 1.29 is 9.53 Å². The fraction of sp³-hybridized carbons (Fsp3) is 0.933. The van der Waals surface area contributed by atoms with E-state index >= 15 is 0 Å². The van der Waals surface area contributed by atoms with Gasteiger partial charge < -0.3 is 10.1 Å². The molecule has 0 aromatic carbocycles. The molecule has 1 fully saturated rings. The van der Waals surface area contributed by atoms with E-state index in [4.69, 9.17) is 4.74 Å². The highest BCUT2D eigenvalue weighted by Crippen LogP contribution is 2.24. The molecule has 1 heterocycles. The predicted octanol–water partition coefficient (Wildman–Crippen LogP) is 2.04. The van der Waals surface area contributed by atoms with Gasteiger partial charge >= 0.3 is 5.97 Å². The van der Waals surface area contributed by atoms with Crippen LogP contribution in [0.15, 0.2) is 0 Å². The standard InChI is InChI=1S/C15H30N2O2/c1-6-13-8-7-12(4)17(9-13)10-14(15(18)19-5)16-11(2)3/h11-14,16H,6-10H2,1-5H3. The summed E-state index contributed by atoms with van der Waals surface area (Å²) in [5.41, 5.74) is 0. The zero-order valence-corrected chi connectivity index (χ0v) is 13.1. The van der Waals surface area contributed by atoms with Crippen molar-refractivity contribution in [2.75, 3.05) is 20.2 Å². The molecular formula is C15H30N2O2. The number of hydrogen-bond acceptors (Lipinski definition) is 4. The molecule has 0 spiro atoms. The summed E-state index contributed by atoms with van der Waals surface area (Å²) in [6.07, 6.45) is 3.77. The van der Waals surface area contributed by atoms with Crippen molar-refractivity contribution in [1.29, 1.82) is 0 Å². The smallest absolute Gasteiger partial charge is 0.324 e. The Bertz CT molecular complexity index is 281. The van der Waals surface area contributed by atoms with Crippen LogP contribution in [0.25, 0.3) is 0 Å². The van der Waals surface area contributed by atoms with Crippen LogP contribution in [0, 0.1) is 5.92 Å². The molecule has 4 heteroatoms. The summed E-state index contributed by atoms with van der Waals surface area (Å²) in [6, 6.07) is 0.623. The predicted molar refractivity (Wildman–Crippen MR) is 78.1 cm³/mol. The second-order valence-electron chi connectivity index (χ2n) is 6.05. The second-order valence-corrected chi connectivity index (χ2v) is 6.05. The van der Waals surface area contributed by atoms with Crippen molar-refractivity contribution in [3.63, 3.8) is 0 Å². The minimum absolute atomic E-state index is 0.153. The number of ether oxygens (including phenoxy) is 1. The molecule has 0 radical (unpaired) electrons. The molecule has 1 aliphatic rings. The van der Waals surface area contributed by atoms with Crippen molar-refractivity contribution in [2.24, 2.45) is 5.92 Å². The first-order valence-corrected chi connectivity index (χ1v) is 7.55. The number of esters is 1. The molecular weight excluding hydrogens is 240 g/mol. The maximum Gasteiger partial charge on any atom is 0.324 e. The summed E-state index contributed by atoms with van der Waals surface area (Å²) < 4.78 is 4.92. The molecule has 0 aromatic heterocycles. The quantitative estimate of drug-likeness (QED) is 0.750. The van der Waals surface area contributed by atoms with Crippen LogP contribution in [0.3, 0.4) is 0 Å². The molecule has 19 heavy (non-hydrogen) atoms. The lowest BCUT2D eigenvalue weighted by atomic mass is 9.91. The Labute approximate surface area is 117 Å². The highest BCUT2D eigenvalue weighted by Gasteiger charge is 2.29. The van der Waals surface area contributed by atoms with Gasteiger partial charge in [0.25, 0.3) is 0 Å². The average molecular weight is 270 g/mol. The number of methoxy groups -OCH3 is 1. The largest absolute Gasteiger partial charge is 0.468 e. The van der Waals surface area contributed by atoms with Gasteiger partial charge in [-0.15, -0.1) is 0 Å². The number of likely N-dealkylation sites (tertiary alicyclic amines) is 1. The second kappa shape index (κ2) is 7.85. The summed E-state index contributed by atoms with van der Waals surface area (Å²) in [6.45, 7) is 10.5. The van der Waals surface area contributed by atoms with Crippen LogP contribution >= 0.6 is 0 Å². The highest BCUT2D eigenvalue weighted by atomic mass is 16.5. The van der Waals surface area contributed by atoms with Crippen molar-refractivity contribution in [3.8, 4) is 0 Å². The van der Waals surface area contributed by atoms with E-state index < -0.39 is 0 Å². The average Bonchev–Trinajstić information content (AvgIpc) is 2.38. The molecule has 1 aliphatic heterocycles. The lowest BCUT2D eigenvalue weighted by Crippen LogP contribution is -2.53. The van der Waals surface area contributed by atoms with E-state index in [1.807, 2.05) is 0 Å². The van der Waals surface area contributed by atoms with Gasteiger partial charge in [-0.1, -0.05) is 27.2 Å². The molecule has 0 bridgehead atoms. The fourth-order valence-electron chi connectivity index (χ4n) is 2.82. The molecule has 0 aliphatic carbocycles. The lowest BCUT2D eigenvalue weighted by Gasteiger charge is -2.39. The monoisotopic (exact) mass is 270 g/mol.